The normalized spacial score (nSPS) is 11.1. The summed E-state index contributed by atoms with van der Waals surface area (Å²) in [6.07, 6.45) is 3.38. The van der Waals surface area contributed by atoms with E-state index in [9.17, 15) is 0 Å². The van der Waals surface area contributed by atoms with Gasteiger partial charge in [0.25, 0.3) is 0 Å². The first-order chi connectivity index (χ1) is 14.6. The molecule has 0 spiro atoms. The van der Waals surface area contributed by atoms with E-state index in [1.807, 2.05) is 55.4 Å². The number of nitrogen functional groups attached to an aromatic ring is 1. The van der Waals surface area contributed by atoms with Gasteiger partial charge in [0.15, 0.2) is 5.82 Å². The second kappa shape index (κ2) is 7.23. The molecule has 30 heavy (non-hydrogen) atoms. The molecule has 148 valence electrons. The Balaban J connectivity index is 1.55. The van der Waals surface area contributed by atoms with Crippen molar-refractivity contribution in [3.8, 4) is 11.1 Å². The summed E-state index contributed by atoms with van der Waals surface area (Å²) >= 11 is 1.54. The minimum atomic E-state index is 0.619. The highest BCUT2D eigenvalue weighted by atomic mass is 32.1. The molecule has 0 aliphatic carbocycles. The van der Waals surface area contributed by atoms with Crippen LogP contribution in [-0.2, 0) is 0 Å². The quantitative estimate of drug-likeness (QED) is 0.413. The van der Waals surface area contributed by atoms with Gasteiger partial charge in [-0.1, -0.05) is 24.3 Å². The van der Waals surface area contributed by atoms with Crippen LogP contribution in [0.2, 0.25) is 0 Å². The number of rotatable bonds is 4. The lowest BCUT2D eigenvalue weighted by atomic mass is 10.1. The summed E-state index contributed by atoms with van der Waals surface area (Å²) in [6.45, 7) is 0. The standard InChI is InChI=1S/C22H19N7S/c1-29(2)22-27-17-18-21(25-12-11-24-18)30-19(17)20(28-22)26-16-9-5-14(6-10-16)13-3-7-15(23)8-4-13/h3-12H,23H2,1-2H3,(H,26,27,28). The van der Waals surface area contributed by atoms with Gasteiger partial charge in [-0.25, -0.2) is 15.0 Å². The van der Waals surface area contributed by atoms with Gasteiger partial charge in [0.1, 0.15) is 20.6 Å². The number of thiophene rings is 1. The third kappa shape index (κ3) is 3.27. The Kier molecular flexibility index (Phi) is 4.40. The van der Waals surface area contributed by atoms with Crippen LogP contribution in [-0.4, -0.2) is 34.0 Å². The van der Waals surface area contributed by atoms with Gasteiger partial charge in [-0.15, -0.1) is 11.3 Å². The van der Waals surface area contributed by atoms with Crippen molar-refractivity contribution in [2.45, 2.75) is 0 Å². The maximum absolute atomic E-state index is 5.79. The fourth-order valence-electron chi connectivity index (χ4n) is 3.20. The summed E-state index contributed by atoms with van der Waals surface area (Å²) in [5, 5.41) is 3.45. The van der Waals surface area contributed by atoms with E-state index < -0.39 is 0 Å². The molecule has 0 saturated carbocycles. The molecule has 5 rings (SSSR count). The number of nitrogens with two attached hydrogens (primary N) is 1. The molecule has 2 aromatic carbocycles. The van der Waals surface area contributed by atoms with E-state index in [1.54, 1.807) is 12.4 Å². The molecule has 7 nitrogen and oxygen atoms in total. The number of fused-ring (bicyclic) bond motifs is 3. The van der Waals surface area contributed by atoms with E-state index in [2.05, 4.69) is 27.4 Å². The summed E-state index contributed by atoms with van der Waals surface area (Å²) < 4.78 is 0.935. The predicted octanol–water partition coefficient (Wildman–Crippen LogP) is 4.69. The molecule has 3 aromatic heterocycles. The Hall–Kier alpha value is -3.78. The Labute approximate surface area is 177 Å². The van der Waals surface area contributed by atoms with Gasteiger partial charge < -0.3 is 16.0 Å². The fourth-order valence-corrected chi connectivity index (χ4v) is 4.18. The molecule has 0 aliphatic rings. The molecule has 0 atom stereocenters. The average molecular weight is 414 g/mol. The zero-order chi connectivity index (χ0) is 20.7. The van der Waals surface area contributed by atoms with Crippen molar-refractivity contribution in [3.05, 3.63) is 60.9 Å². The molecule has 0 radical (unpaired) electrons. The van der Waals surface area contributed by atoms with Gasteiger partial charge in [-0.05, 0) is 35.4 Å². The summed E-state index contributed by atoms with van der Waals surface area (Å²) in [7, 11) is 3.85. The lowest BCUT2D eigenvalue weighted by molar-refractivity contribution is 1.02. The smallest absolute Gasteiger partial charge is 0.227 e. The van der Waals surface area contributed by atoms with E-state index in [0.29, 0.717) is 5.95 Å². The van der Waals surface area contributed by atoms with Crippen molar-refractivity contribution in [1.29, 1.82) is 0 Å². The molecule has 0 saturated heterocycles. The highest BCUT2D eigenvalue weighted by Gasteiger charge is 2.16. The van der Waals surface area contributed by atoms with E-state index >= 15 is 0 Å². The summed E-state index contributed by atoms with van der Waals surface area (Å²) in [4.78, 5) is 21.1. The van der Waals surface area contributed by atoms with Crippen LogP contribution in [0.3, 0.4) is 0 Å². The summed E-state index contributed by atoms with van der Waals surface area (Å²) in [6, 6.07) is 16.1. The first kappa shape index (κ1) is 18.3. The highest BCUT2D eigenvalue weighted by Crippen LogP contribution is 2.36. The van der Waals surface area contributed by atoms with E-state index in [-0.39, 0.29) is 0 Å². The molecule has 5 aromatic rings. The number of aromatic nitrogens is 4. The molecule has 0 aliphatic heterocycles. The summed E-state index contributed by atoms with van der Waals surface area (Å²) in [5.74, 6) is 1.36. The van der Waals surface area contributed by atoms with E-state index in [4.69, 9.17) is 15.7 Å². The van der Waals surface area contributed by atoms with E-state index in [0.717, 1.165) is 48.9 Å². The third-order valence-corrected chi connectivity index (χ3v) is 5.82. The molecule has 8 heteroatoms. The monoisotopic (exact) mass is 413 g/mol. The van der Waals surface area contributed by atoms with Crippen LogP contribution in [0.25, 0.3) is 31.7 Å². The number of nitrogens with zero attached hydrogens (tertiary/aromatic N) is 5. The maximum atomic E-state index is 5.79. The second-order valence-electron chi connectivity index (χ2n) is 7.08. The van der Waals surface area contributed by atoms with Crippen LogP contribution < -0.4 is 16.0 Å². The number of nitrogens with one attached hydrogen (secondary N) is 1. The first-order valence-corrected chi connectivity index (χ1v) is 10.2. The topological polar surface area (TPSA) is 92.9 Å². The van der Waals surface area contributed by atoms with Gasteiger partial charge in [-0.3, -0.25) is 0 Å². The van der Waals surface area contributed by atoms with Gasteiger partial charge in [-0.2, -0.15) is 4.98 Å². The van der Waals surface area contributed by atoms with Crippen molar-refractivity contribution in [2.24, 2.45) is 0 Å². The molecule has 0 fully saturated rings. The van der Waals surface area contributed by atoms with Crippen LogP contribution in [0, 0.1) is 0 Å². The number of hydrogen-bond donors (Lipinski definition) is 2. The lowest BCUT2D eigenvalue weighted by Crippen LogP contribution is -2.13. The maximum Gasteiger partial charge on any atom is 0.227 e. The number of anilines is 4. The minimum absolute atomic E-state index is 0.619. The van der Waals surface area contributed by atoms with Crippen molar-refractivity contribution in [2.75, 3.05) is 30.0 Å². The minimum Gasteiger partial charge on any atom is -0.399 e. The van der Waals surface area contributed by atoms with Crippen molar-refractivity contribution in [1.82, 2.24) is 19.9 Å². The molecule has 3 heterocycles. The SMILES string of the molecule is CN(C)c1nc(Nc2ccc(-c3ccc(N)cc3)cc2)c2sc3nccnc3c2n1. The van der Waals surface area contributed by atoms with E-state index in [1.165, 1.54) is 11.3 Å². The third-order valence-electron chi connectivity index (χ3n) is 4.73. The van der Waals surface area contributed by atoms with Gasteiger partial charge in [0.2, 0.25) is 5.95 Å². The fraction of sp³-hybridized carbons (Fsp3) is 0.0909. The largest absolute Gasteiger partial charge is 0.399 e. The van der Waals surface area contributed by atoms with Crippen LogP contribution >= 0.6 is 11.3 Å². The second-order valence-corrected chi connectivity index (χ2v) is 8.08. The van der Waals surface area contributed by atoms with Gasteiger partial charge >= 0.3 is 0 Å². The van der Waals surface area contributed by atoms with Crippen molar-refractivity contribution >= 4 is 55.0 Å². The van der Waals surface area contributed by atoms with Gasteiger partial charge in [0, 0.05) is 37.9 Å². The van der Waals surface area contributed by atoms with Gasteiger partial charge in [0.05, 0.1) is 0 Å². The highest BCUT2D eigenvalue weighted by molar-refractivity contribution is 7.25. The molecular formula is C22H19N7S. The zero-order valence-corrected chi connectivity index (χ0v) is 17.3. The lowest BCUT2D eigenvalue weighted by Gasteiger charge is -2.13. The molecular weight excluding hydrogens is 394 g/mol. The molecule has 0 unspecified atom stereocenters. The number of hydrogen-bond acceptors (Lipinski definition) is 8. The number of benzene rings is 2. The zero-order valence-electron chi connectivity index (χ0n) is 16.5. The predicted molar refractivity (Wildman–Crippen MR) is 124 cm³/mol. The Bertz CT molecular complexity index is 1340. The van der Waals surface area contributed by atoms with Crippen LogP contribution in [0.1, 0.15) is 0 Å². The first-order valence-electron chi connectivity index (χ1n) is 9.40. The average Bonchev–Trinajstić information content (AvgIpc) is 3.14. The van der Waals surface area contributed by atoms with Crippen LogP contribution in [0.5, 0.6) is 0 Å². The van der Waals surface area contributed by atoms with Crippen LogP contribution in [0.15, 0.2) is 60.9 Å². The van der Waals surface area contributed by atoms with Crippen molar-refractivity contribution in [3.63, 3.8) is 0 Å². The molecule has 0 bridgehead atoms. The molecule has 0 amide bonds. The summed E-state index contributed by atoms with van der Waals surface area (Å²) in [5.41, 5.74) is 11.3. The van der Waals surface area contributed by atoms with Crippen LogP contribution in [0.4, 0.5) is 23.1 Å². The Morgan fingerprint density at radius 3 is 2.20 bits per heavy atom. The Morgan fingerprint density at radius 2 is 1.50 bits per heavy atom. The Morgan fingerprint density at radius 1 is 0.833 bits per heavy atom. The molecule has 3 N–H and O–H groups in total. The van der Waals surface area contributed by atoms with Crippen molar-refractivity contribution < 1.29 is 0 Å².